The van der Waals surface area contributed by atoms with Crippen molar-refractivity contribution in [2.45, 2.75) is 56.2 Å². The molecule has 0 amide bonds. The van der Waals surface area contributed by atoms with Gasteiger partial charge in [0.1, 0.15) is 12.4 Å². The molecule has 6 rings (SSSR count). The Kier molecular flexibility index (Phi) is 4.36. The van der Waals surface area contributed by atoms with Crippen LogP contribution in [0.2, 0.25) is 0 Å². The van der Waals surface area contributed by atoms with Crippen molar-refractivity contribution in [3.63, 3.8) is 0 Å². The zero-order valence-corrected chi connectivity index (χ0v) is 18.3. The highest BCUT2D eigenvalue weighted by molar-refractivity contribution is 7.87. The standard InChI is InChI=1S/C25H28N2O3S/c28-31(29)26-24(12-4-5-13-24)25(27-31)21-9-10-22(25)15-20-16-23(11-8-19(20)14-21)30-17-18-6-2-1-3-7-18/h1-8,11,16,21-22,26-27H,9-10,12-15,17H2. The van der Waals surface area contributed by atoms with Crippen LogP contribution in [0.3, 0.4) is 0 Å². The highest BCUT2D eigenvalue weighted by atomic mass is 32.2. The lowest BCUT2D eigenvalue weighted by atomic mass is 9.65. The van der Waals surface area contributed by atoms with Gasteiger partial charge in [0, 0.05) is 0 Å². The molecule has 3 aliphatic carbocycles. The second-order valence-corrected chi connectivity index (χ2v) is 11.0. The quantitative estimate of drug-likeness (QED) is 0.722. The van der Waals surface area contributed by atoms with Gasteiger partial charge in [-0.2, -0.15) is 17.9 Å². The molecule has 3 atom stereocenters. The molecule has 2 bridgehead atoms. The Morgan fingerprint density at radius 1 is 0.903 bits per heavy atom. The van der Waals surface area contributed by atoms with Crippen LogP contribution in [-0.4, -0.2) is 19.5 Å². The molecule has 1 saturated heterocycles. The lowest BCUT2D eigenvalue weighted by molar-refractivity contribution is 0.118. The van der Waals surface area contributed by atoms with Crippen LogP contribution < -0.4 is 14.2 Å². The minimum Gasteiger partial charge on any atom is -0.489 e. The van der Waals surface area contributed by atoms with Crippen molar-refractivity contribution in [3.05, 3.63) is 77.4 Å². The van der Waals surface area contributed by atoms with Crippen LogP contribution in [0.1, 0.15) is 42.4 Å². The molecule has 2 N–H and O–H groups in total. The fraction of sp³-hybridized carbons (Fsp3) is 0.440. The molecule has 3 unspecified atom stereocenters. The summed E-state index contributed by atoms with van der Waals surface area (Å²) < 4.78 is 37.8. The average Bonchev–Trinajstić information content (AvgIpc) is 3.37. The van der Waals surface area contributed by atoms with Gasteiger partial charge in [-0.1, -0.05) is 48.6 Å². The van der Waals surface area contributed by atoms with Crippen LogP contribution in [0.5, 0.6) is 5.75 Å². The van der Waals surface area contributed by atoms with E-state index in [2.05, 4.69) is 51.9 Å². The molecular formula is C25H28N2O3S. The van der Waals surface area contributed by atoms with E-state index in [1.165, 1.54) is 11.1 Å². The van der Waals surface area contributed by atoms with E-state index in [0.29, 0.717) is 12.5 Å². The lowest BCUT2D eigenvalue weighted by Crippen LogP contribution is -2.64. The van der Waals surface area contributed by atoms with Crippen LogP contribution in [0.25, 0.3) is 0 Å². The van der Waals surface area contributed by atoms with Crippen molar-refractivity contribution in [2.24, 2.45) is 11.8 Å². The van der Waals surface area contributed by atoms with Crippen molar-refractivity contribution in [3.8, 4) is 5.75 Å². The Bertz CT molecular complexity index is 1140. The predicted octanol–water partition coefficient (Wildman–Crippen LogP) is 3.66. The average molecular weight is 437 g/mol. The Morgan fingerprint density at radius 3 is 2.35 bits per heavy atom. The van der Waals surface area contributed by atoms with Gasteiger partial charge < -0.3 is 4.74 Å². The van der Waals surface area contributed by atoms with E-state index in [0.717, 1.165) is 49.8 Å². The summed E-state index contributed by atoms with van der Waals surface area (Å²) in [6, 6.07) is 16.6. The van der Waals surface area contributed by atoms with E-state index in [9.17, 15) is 8.42 Å². The fourth-order valence-corrected chi connectivity index (χ4v) is 8.65. The maximum atomic E-state index is 12.8. The summed E-state index contributed by atoms with van der Waals surface area (Å²) >= 11 is 0. The number of rotatable bonds is 3. The van der Waals surface area contributed by atoms with E-state index in [-0.39, 0.29) is 5.92 Å². The van der Waals surface area contributed by atoms with Gasteiger partial charge in [0.15, 0.2) is 0 Å². The summed E-state index contributed by atoms with van der Waals surface area (Å²) in [7, 11) is -3.49. The van der Waals surface area contributed by atoms with E-state index < -0.39 is 21.3 Å². The molecule has 2 aromatic rings. The SMILES string of the molecule is O=S1(=O)NC2(CC=CC2)C2(N1)C1CCC2Cc2cc(OCc3ccccc3)ccc2C1. The van der Waals surface area contributed by atoms with Gasteiger partial charge in [0.05, 0.1) is 11.1 Å². The Balaban J connectivity index is 1.32. The molecule has 2 fully saturated rings. The van der Waals surface area contributed by atoms with E-state index in [1.54, 1.807) is 0 Å². The summed E-state index contributed by atoms with van der Waals surface area (Å²) in [5.74, 6) is 1.48. The topological polar surface area (TPSA) is 67.4 Å². The largest absolute Gasteiger partial charge is 0.489 e. The minimum atomic E-state index is -3.49. The first-order chi connectivity index (χ1) is 15.0. The zero-order valence-electron chi connectivity index (χ0n) is 17.5. The zero-order chi connectivity index (χ0) is 21.1. The highest BCUT2D eigenvalue weighted by Crippen LogP contribution is 2.57. The maximum Gasteiger partial charge on any atom is 0.278 e. The number of fused-ring (bicyclic) bond motifs is 1. The number of ether oxygens (including phenoxy) is 1. The molecule has 1 aliphatic heterocycles. The molecule has 1 heterocycles. The number of nitrogens with one attached hydrogen (secondary N) is 2. The molecule has 0 radical (unpaired) electrons. The monoisotopic (exact) mass is 436 g/mol. The summed E-state index contributed by atoms with van der Waals surface area (Å²) in [6.45, 7) is 0.550. The molecule has 1 saturated carbocycles. The second kappa shape index (κ2) is 6.92. The van der Waals surface area contributed by atoms with Gasteiger partial charge >= 0.3 is 0 Å². The fourth-order valence-electron chi connectivity index (χ4n) is 6.78. The van der Waals surface area contributed by atoms with Gasteiger partial charge in [-0.15, -0.1) is 0 Å². The minimum absolute atomic E-state index is 0.285. The third-order valence-corrected chi connectivity index (χ3v) is 9.30. The molecule has 31 heavy (non-hydrogen) atoms. The first-order valence-corrected chi connectivity index (χ1v) is 12.7. The van der Waals surface area contributed by atoms with E-state index in [4.69, 9.17) is 4.74 Å². The van der Waals surface area contributed by atoms with Crippen molar-refractivity contribution < 1.29 is 13.2 Å². The third-order valence-electron chi connectivity index (χ3n) is 8.03. The second-order valence-electron chi connectivity index (χ2n) is 9.62. The van der Waals surface area contributed by atoms with Gasteiger partial charge in [-0.25, -0.2) is 0 Å². The molecule has 162 valence electrons. The Labute approximate surface area is 184 Å². The molecule has 0 aromatic heterocycles. The summed E-state index contributed by atoms with van der Waals surface area (Å²) in [5, 5.41) is 0. The first kappa shape index (κ1) is 19.5. The van der Waals surface area contributed by atoms with Gasteiger partial charge in [-0.05, 0) is 79.2 Å². The van der Waals surface area contributed by atoms with Crippen molar-refractivity contribution in [1.29, 1.82) is 0 Å². The van der Waals surface area contributed by atoms with Gasteiger partial charge in [0.2, 0.25) is 0 Å². The molecule has 6 heteroatoms. The maximum absolute atomic E-state index is 12.8. The summed E-state index contributed by atoms with van der Waals surface area (Å²) in [4.78, 5) is 0. The van der Waals surface area contributed by atoms with E-state index in [1.807, 2.05) is 18.2 Å². The lowest BCUT2D eigenvalue weighted by Gasteiger charge is -2.46. The molecular weight excluding hydrogens is 408 g/mol. The number of hydrogen-bond donors (Lipinski definition) is 2. The Morgan fingerprint density at radius 2 is 1.61 bits per heavy atom. The van der Waals surface area contributed by atoms with Crippen LogP contribution >= 0.6 is 0 Å². The van der Waals surface area contributed by atoms with E-state index >= 15 is 0 Å². The van der Waals surface area contributed by atoms with Gasteiger partial charge in [0.25, 0.3) is 10.2 Å². The number of hydrogen-bond acceptors (Lipinski definition) is 3. The molecule has 2 aromatic carbocycles. The van der Waals surface area contributed by atoms with Crippen molar-refractivity contribution in [2.75, 3.05) is 0 Å². The summed E-state index contributed by atoms with van der Waals surface area (Å²) in [5.41, 5.74) is 2.96. The van der Waals surface area contributed by atoms with Crippen LogP contribution in [0, 0.1) is 11.8 Å². The van der Waals surface area contributed by atoms with Crippen molar-refractivity contribution in [1.82, 2.24) is 9.44 Å². The Hall–Kier alpha value is -2.15. The smallest absolute Gasteiger partial charge is 0.278 e. The number of benzene rings is 2. The normalized spacial score (nSPS) is 31.7. The van der Waals surface area contributed by atoms with Crippen LogP contribution in [0.4, 0.5) is 0 Å². The highest BCUT2D eigenvalue weighted by Gasteiger charge is 2.68. The molecule has 4 aliphatic rings. The molecule has 2 spiro atoms. The van der Waals surface area contributed by atoms with Crippen molar-refractivity contribution >= 4 is 10.2 Å². The predicted molar refractivity (Wildman–Crippen MR) is 120 cm³/mol. The third kappa shape index (κ3) is 2.99. The summed E-state index contributed by atoms with van der Waals surface area (Å²) in [6.07, 6.45) is 9.76. The van der Waals surface area contributed by atoms with Gasteiger partial charge in [-0.3, -0.25) is 0 Å². The van der Waals surface area contributed by atoms with Crippen LogP contribution in [-0.2, 0) is 29.7 Å². The van der Waals surface area contributed by atoms with Crippen LogP contribution in [0.15, 0.2) is 60.7 Å². The molecule has 5 nitrogen and oxygen atoms in total. The first-order valence-electron chi connectivity index (χ1n) is 11.3.